The van der Waals surface area contributed by atoms with Crippen LogP contribution < -0.4 is 14.8 Å². The molecule has 8 nitrogen and oxygen atoms in total. The Kier molecular flexibility index (Phi) is 5.90. The van der Waals surface area contributed by atoms with Gasteiger partial charge >= 0.3 is 0 Å². The van der Waals surface area contributed by atoms with Crippen molar-refractivity contribution in [2.24, 2.45) is 0 Å². The molecule has 0 saturated heterocycles. The van der Waals surface area contributed by atoms with Crippen LogP contribution in [0, 0.1) is 0 Å². The molecule has 1 aliphatic heterocycles. The van der Waals surface area contributed by atoms with E-state index in [0.717, 1.165) is 0 Å². The molecule has 3 rings (SSSR count). The van der Waals surface area contributed by atoms with Gasteiger partial charge < -0.3 is 14.8 Å². The van der Waals surface area contributed by atoms with E-state index < -0.39 is 15.9 Å². The third-order valence-electron chi connectivity index (χ3n) is 4.60. The maximum atomic E-state index is 12.6. The van der Waals surface area contributed by atoms with Crippen LogP contribution in [0.1, 0.15) is 41.5 Å². The Morgan fingerprint density at radius 3 is 2.17 bits per heavy atom. The molecule has 1 amide bonds. The fourth-order valence-corrected chi connectivity index (χ4v) is 4.48. The van der Waals surface area contributed by atoms with E-state index in [1.165, 1.54) is 47.6 Å². The molecule has 0 bridgehead atoms. The number of fused-ring (bicyclic) bond motifs is 1. The number of rotatable bonds is 7. The van der Waals surface area contributed by atoms with Gasteiger partial charge in [0.2, 0.25) is 16.8 Å². The van der Waals surface area contributed by atoms with Crippen LogP contribution in [-0.4, -0.2) is 44.3 Å². The van der Waals surface area contributed by atoms with Gasteiger partial charge in [-0.15, -0.1) is 0 Å². The normalized spacial score (nSPS) is 12.8. The second-order valence-corrected chi connectivity index (χ2v) is 8.31. The molecule has 0 spiro atoms. The molecule has 0 aromatic heterocycles. The topological polar surface area (TPSA) is 102 Å². The smallest absolute Gasteiger partial charge is 0.255 e. The molecule has 0 radical (unpaired) electrons. The van der Waals surface area contributed by atoms with Gasteiger partial charge in [-0.2, -0.15) is 4.31 Å². The fourth-order valence-electron chi connectivity index (χ4n) is 3.02. The summed E-state index contributed by atoms with van der Waals surface area (Å²) >= 11 is 0. The Balaban J connectivity index is 1.85. The lowest BCUT2D eigenvalue weighted by molar-refractivity contribution is 0.101. The minimum atomic E-state index is -3.60. The fraction of sp³-hybridized carbons (Fsp3) is 0.300. The molecule has 0 unspecified atom stereocenters. The van der Waals surface area contributed by atoms with E-state index in [4.69, 9.17) is 9.47 Å². The number of nitrogens with one attached hydrogen (secondary N) is 1. The lowest BCUT2D eigenvalue weighted by Crippen LogP contribution is -2.30. The van der Waals surface area contributed by atoms with Crippen molar-refractivity contribution < 1.29 is 27.5 Å². The van der Waals surface area contributed by atoms with Crippen LogP contribution in [0.2, 0.25) is 0 Å². The number of sulfonamides is 1. The first-order valence-electron chi connectivity index (χ1n) is 9.14. The molecule has 29 heavy (non-hydrogen) atoms. The van der Waals surface area contributed by atoms with Crippen LogP contribution in [0.15, 0.2) is 41.3 Å². The highest BCUT2D eigenvalue weighted by Crippen LogP contribution is 2.37. The zero-order chi connectivity index (χ0) is 21.2. The van der Waals surface area contributed by atoms with Crippen molar-refractivity contribution in [3.8, 4) is 11.5 Å². The second-order valence-electron chi connectivity index (χ2n) is 6.38. The number of Topliss-reactive ketones (excluding diaryl/α,β-unsaturated/α-hetero) is 1. The van der Waals surface area contributed by atoms with Crippen molar-refractivity contribution in [2.75, 3.05) is 25.2 Å². The number of ether oxygens (including phenoxy) is 2. The number of amides is 1. The quantitative estimate of drug-likeness (QED) is 0.694. The minimum Gasteiger partial charge on any atom is -0.454 e. The summed E-state index contributed by atoms with van der Waals surface area (Å²) in [5.74, 6) is 0.169. The van der Waals surface area contributed by atoms with Crippen molar-refractivity contribution in [1.29, 1.82) is 0 Å². The van der Waals surface area contributed by atoms with Crippen LogP contribution in [0.3, 0.4) is 0 Å². The Morgan fingerprint density at radius 2 is 1.62 bits per heavy atom. The van der Waals surface area contributed by atoms with E-state index in [-0.39, 0.29) is 23.0 Å². The van der Waals surface area contributed by atoms with Gasteiger partial charge in [0, 0.05) is 30.3 Å². The van der Waals surface area contributed by atoms with Crippen LogP contribution in [0.4, 0.5) is 5.69 Å². The van der Waals surface area contributed by atoms with Gasteiger partial charge in [0.25, 0.3) is 5.91 Å². The van der Waals surface area contributed by atoms with Gasteiger partial charge in [-0.3, -0.25) is 9.59 Å². The Morgan fingerprint density at radius 1 is 1.03 bits per heavy atom. The van der Waals surface area contributed by atoms with Crippen LogP contribution in [0.25, 0.3) is 0 Å². The summed E-state index contributed by atoms with van der Waals surface area (Å²) in [4.78, 5) is 24.7. The molecule has 0 saturated carbocycles. The summed E-state index contributed by atoms with van der Waals surface area (Å²) in [6.07, 6.45) is 0. The second kappa shape index (κ2) is 8.22. The van der Waals surface area contributed by atoms with Gasteiger partial charge in [0.15, 0.2) is 17.3 Å². The zero-order valence-electron chi connectivity index (χ0n) is 16.4. The molecule has 154 valence electrons. The molecular formula is C20H22N2O6S. The van der Waals surface area contributed by atoms with Crippen LogP contribution in [-0.2, 0) is 10.0 Å². The van der Waals surface area contributed by atoms with Gasteiger partial charge in [-0.25, -0.2) is 8.42 Å². The number of carbonyl (C=O) groups is 2. The summed E-state index contributed by atoms with van der Waals surface area (Å²) in [6.45, 7) is 5.69. The predicted molar refractivity (Wildman–Crippen MR) is 107 cm³/mol. The molecule has 9 heteroatoms. The first-order valence-corrected chi connectivity index (χ1v) is 10.6. The molecule has 0 fully saturated rings. The SMILES string of the molecule is CCN(CC)S(=O)(=O)c1ccc(C(=O)Nc2cc3c(cc2C(C)=O)OCO3)cc1. The highest BCUT2D eigenvalue weighted by Gasteiger charge is 2.23. The van der Waals surface area contributed by atoms with Crippen molar-refractivity contribution in [1.82, 2.24) is 4.31 Å². The van der Waals surface area contributed by atoms with Crippen LogP contribution in [0.5, 0.6) is 11.5 Å². The molecule has 1 aliphatic rings. The summed E-state index contributed by atoms with van der Waals surface area (Å²) in [5.41, 5.74) is 0.852. The van der Waals surface area contributed by atoms with Crippen molar-refractivity contribution in [3.05, 3.63) is 47.5 Å². The van der Waals surface area contributed by atoms with Crippen molar-refractivity contribution in [2.45, 2.75) is 25.7 Å². The average Bonchev–Trinajstić information content (AvgIpc) is 3.15. The number of ketones is 1. The van der Waals surface area contributed by atoms with Crippen molar-refractivity contribution >= 4 is 27.4 Å². The Bertz CT molecular complexity index is 1040. The molecule has 1 N–H and O–H groups in total. The highest BCUT2D eigenvalue weighted by atomic mass is 32.2. The van der Waals surface area contributed by atoms with E-state index in [2.05, 4.69) is 5.32 Å². The molecule has 0 aliphatic carbocycles. The molecule has 0 atom stereocenters. The predicted octanol–water partition coefficient (Wildman–Crippen LogP) is 2.90. The first-order chi connectivity index (χ1) is 13.8. The molecular weight excluding hydrogens is 396 g/mol. The third-order valence-corrected chi connectivity index (χ3v) is 6.66. The zero-order valence-corrected chi connectivity index (χ0v) is 17.2. The monoisotopic (exact) mass is 418 g/mol. The van der Waals surface area contributed by atoms with Crippen LogP contribution >= 0.6 is 0 Å². The molecule has 2 aromatic carbocycles. The van der Waals surface area contributed by atoms with Gasteiger partial charge in [-0.05, 0) is 37.3 Å². The summed E-state index contributed by atoms with van der Waals surface area (Å²) in [7, 11) is -3.60. The van der Waals surface area contributed by atoms with E-state index >= 15 is 0 Å². The standard InChI is InChI=1S/C20H22N2O6S/c1-4-22(5-2)29(25,26)15-8-6-14(7-9-15)20(24)21-17-11-19-18(27-12-28-19)10-16(17)13(3)23/h6-11H,4-5,12H2,1-3H3,(H,21,24). The maximum absolute atomic E-state index is 12.6. The van der Waals surface area contributed by atoms with E-state index in [0.29, 0.717) is 35.8 Å². The molecule has 1 heterocycles. The Hall–Kier alpha value is -2.91. The third kappa shape index (κ3) is 4.10. The number of hydrogen-bond acceptors (Lipinski definition) is 6. The lowest BCUT2D eigenvalue weighted by Gasteiger charge is -2.18. The average molecular weight is 418 g/mol. The van der Waals surface area contributed by atoms with E-state index in [9.17, 15) is 18.0 Å². The molecule has 2 aromatic rings. The summed E-state index contributed by atoms with van der Waals surface area (Å²) < 4.78 is 37.0. The van der Waals surface area contributed by atoms with Crippen molar-refractivity contribution in [3.63, 3.8) is 0 Å². The number of carbonyl (C=O) groups excluding carboxylic acids is 2. The van der Waals surface area contributed by atoms with Gasteiger partial charge in [-0.1, -0.05) is 13.8 Å². The first kappa shape index (κ1) is 20.8. The highest BCUT2D eigenvalue weighted by molar-refractivity contribution is 7.89. The summed E-state index contributed by atoms with van der Waals surface area (Å²) in [5, 5.41) is 2.69. The maximum Gasteiger partial charge on any atom is 0.255 e. The van der Waals surface area contributed by atoms with Gasteiger partial charge in [0.05, 0.1) is 10.6 Å². The van der Waals surface area contributed by atoms with E-state index in [1.807, 2.05) is 0 Å². The number of anilines is 1. The lowest BCUT2D eigenvalue weighted by atomic mass is 10.1. The van der Waals surface area contributed by atoms with Gasteiger partial charge in [0.1, 0.15) is 0 Å². The number of benzene rings is 2. The largest absolute Gasteiger partial charge is 0.454 e. The summed E-state index contributed by atoms with van der Waals surface area (Å²) in [6, 6.07) is 8.73. The Labute approximate surface area is 169 Å². The number of nitrogens with zero attached hydrogens (tertiary/aromatic N) is 1. The minimum absolute atomic E-state index is 0.0482. The number of hydrogen-bond donors (Lipinski definition) is 1. The van der Waals surface area contributed by atoms with E-state index in [1.54, 1.807) is 13.8 Å².